The summed E-state index contributed by atoms with van der Waals surface area (Å²) >= 11 is 3.36. The fraction of sp³-hybridized carbons (Fsp3) is 0.533. The van der Waals surface area contributed by atoms with Crippen LogP contribution < -0.4 is 5.32 Å². The summed E-state index contributed by atoms with van der Waals surface area (Å²) < 4.78 is 0.984. The molecule has 0 aliphatic heterocycles. The lowest BCUT2D eigenvalue weighted by atomic mass is 10.1. The average Bonchev–Trinajstić information content (AvgIpc) is 2.36. The Balaban J connectivity index is 2.40. The van der Waals surface area contributed by atoms with Crippen LogP contribution in [0.25, 0.3) is 0 Å². The van der Waals surface area contributed by atoms with Crippen LogP contribution in [-0.2, 0) is 4.79 Å². The first-order valence-electron chi connectivity index (χ1n) is 6.80. The van der Waals surface area contributed by atoms with Crippen LogP contribution in [0.15, 0.2) is 28.7 Å². The molecule has 1 amide bonds. The van der Waals surface area contributed by atoms with Crippen molar-refractivity contribution in [2.75, 3.05) is 25.0 Å². The maximum atomic E-state index is 11.9. The molecular weight excluding hydrogens is 320 g/mol. The largest absolute Gasteiger partial charge is 0.389 e. The number of nitrogens with one attached hydrogen (secondary N) is 1. The number of carbonyl (C=O) groups excluding carboxylic acids is 1. The zero-order valence-corrected chi connectivity index (χ0v) is 13.9. The normalized spacial score (nSPS) is 11.7. The second-order valence-corrected chi connectivity index (χ2v) is 6.40. The number of hydrogen-bond donors (Lipinski definition) is 2. The zero-order valence-electron chi connectivity index (χ0n) is 12.3. The van der Waals surface area contributed by atoms with Gasteiger partial charge in [-0.1, -0.05) is 22.9 Å². The Morgan fingerprint density at radius 1 is 1.35 bits per heavy atom. The number of halogens is 1. The molecule has 0 bridgehead atoms. The van der Waals surface area contributed by atoms with Crippen LogP contribution in [0, 0.1) is 0 Å². The number of hydrogen-bond acceptors (Lipinski definition) is 3. The minimum atomic E-state index is -0.738. The second kappa shape index (κ2) is 7.76. The monoisotopic (exact) mass is 342 g/mol. The minimum Gasteiger partial charge on any atom is -0.389 e. The first kappa shape index (κ1) is 17.1. The Labute approximate surface area is 129 Å². The third kappa shape index (κ3) is 7.03. The highest BCUT2D eigenvalue weighted by molar-refractivity contribution is 9.10. The van der Waals surface area contributed by atoms with Gasteiger partial charge in [-0.15, -0.1) is 0 Å². The highest BCUT2D eigenvalue weighted by Gasteiger charge is 2.17. The molecule has 0 aromatic heterocycles. The van der Waals surface area contributed by atoms with Gasteiger partial charge in [-0.25, -0.2) is 0 Å². The molecule has 0 aliphatic rings. The van der Waals surface area contributed by atoms with Crippen molar-refractivity contribution in [3.8, 4) is 0 Å². The molecule has 0 saturated heterocycles. The van der Waals surface area contributed by atoms with Crippen molar-refractivity contribution in [1.29, 1.82) is 0 Å². The number of rotatable bonds is 7. The number of aliphatic hydroxyl groups is 1. The highest BCUT2D eigenvalue weighted by Crippen LogP contribution is 2.14. The minimum absolute atomic E-state index is 0.0125. The van der Waals surface area contributed by atoms with E-state index in [1.54, 1.807) is 13.8 Å². The molecular formula is C15H23BrN2O2. The molecule has 0 fully saturated rings. The molecule has 0 heterocycles. The molecule has 0 saturated carbocycles. The van der Waals surface area contributed by atoms with Gasteiger partial charge in [0.25, 0.3) is 0 Å². The van der Waals surface area contributed by atoms with Crippen molar-refractivity contribution < 1.29 is 9.90 Å². The van der Waals surface area contributed by atoms with E-state index >= 15 is 0 Å². The van der Waals surface area contributed by atoms with E-state index in [0.29, 0.717) is 19.5 Å². The third-order valence-corrected chi connectivity index (χ3v) is 3.37. The van der Waals surface area contributed by atoms with Gasteiger partial charge in [0.1, 0.15) is 0 Å². The van der Waals surface area contributed by atoms with Crippen molar-refractivity contribution in [1.82, 2.24) is 4.90 Å². The van der Waals surface area contributed by atoms with Crippen LogP contribution in [0.1, 0.15) is 27.2 Å². The standard InChI is InChI=1S/C15H23BrN2O2/c1-4-18(11-15(2,3)20)10-9-14(19)17-13-7-5-12(16)6-8-13/h5-8,20H,4,9-11H2,1-3H3,(H,17,19). The summed E-state index contributed by atoms with van der Waals surface area (Å²) in [5, 5.41) is 12.7. The lowest BCUT2D eigenvalue weighted by Crippen LogP contribution is -2.39. The predicted molar refractivity (Wildman–Crippen MR) is 85.8 cm³/mol. The maximum absolute atomic E-state index is 11.9. The van der Waals surface area contributed by atoms with E-state index in [4.69, 9.17) is 0 Å². The summed E-state index contributed by atoms with van der Waals surface area (Å²) in [4.78, 5) is 13.9. The zero-order chi connectivity index (χ0) is 15.2. The van der Waals surface area contributed by atoms with Crippen molar-refractivity contribution in [2.45, 2.75) is 32.8 Å². The summed E-state index contributed by atoms with van der Waals surface area (Å²) in [6.07, 6.45) is 0.417. The molecule has 4 nitrogen and oxygen atoms in total. The molecule has 1 aromatic rings. The van der Waals surface area contributed by atoms with Gasteiger partial charge in [0.15, 0.2) is 0 Å². The SMILES string of the molecule is CCN(CCC(=O)Nc1ccc(Br)cc1)CC(C)(C)O. The van der Waals surface area contributed by atoms with Gasteiger partial charge in [-0.2, -0.15) is 0 Å². The number of anilines is 1. The Morgan fingerprint density at radius 3 is 2.45 bits per heavy atom. The number of benzene rings is 1. The van der Waals surface area contributed by atoms with E-state index in [2.05, 4.69) is 26.1 Å². The quantitative estimate of drug-likeness (QED) is 0.800. The van der Waals surface area contributed by atoms with Crippen molar-refractivity contribution in [3.05, 3.63) is 28.7 Å². The maximum Gasteiger partial charge on any atom is 0.225 e. The molecule has 0 unspecified atom stereocenters. The summed E-state index contributed by atoms with van der Waals surface area (Å²) in [6.45, 7) is 7.60. The molecule has 5 heteroatoms. The van der Waals surface area contributed by atoms with Crippen LogP contribution in [0.2, 0.25) is 0 Å². The van der Waals surface area contributed by atoms with E-state index in [0.717, 1.165) is 16.7 Å². The molecule has 0 radical (unpaired) electrons. The number of nitrogens with zero attached hydrogens (tertiary/aromatic N) is 1. The van der Waals surface area contributed by atoms with E-state index in [1.807, 2.05) is 31.2 Å². The van der Waals surface area contributed by atoms with E-state index < -0.39 is 5.60 Å². The van der Waals surface area contributed by atoms with E-state index in [-0.39, 0.29) is 5.91 Å². The van der Waals surface area contributed by atoms with Crippen LogP contribution in [-0.4, -0.2) is 41.1 Å². The highest BCUT2D eigenvalue weighted by atomic mass is 79.9. The lowest BCUT2D eigenvalue weighted by Gasteiger charge is -2.27. The molecule has 0 aliphatic carbocycles. The first-order chi connectivity index (χ1) is 9.30. The molecule has 20 heavy (non-hydrogen) atoms. The van der Waals surface area contributed by atoms with Gasteiger partial charge in [0, 0.05) is 29.7 Å². The fourth-order valence-corrected chi connectivity index (χ4v) is 2.18. The molecule has 1 rings (SSSR count). The Kier molecular flexibility index (Phi) is 6.65. The van der Waals surface area contributed by atoms with Gasteiger partial charge in [0.05, 0.1) is 5.60 Å². The molecule has 2 N–H and O–H groups in total. The first-order valence-corrected chi connectivity index (χ1v) is 7.59. The number of carbonyl (C=O) groups is 1. The average molecular weight is 343 g/mol. The van der Waals surface area contributed by atoms with Crippen molar-refractivity contribution in [3.63, 3.8) is 0 Å². The van der Waals surface area contributed by atoms with Crippen LogP contribution in [0.3, 0.4) is 0 Å². The molecule has 112 valence electrons. The lowest BCUT2D eigenvalue weighted by molar-refractivity contribution is -0.116. The Bertz CT molecular complexity index is 426. The van der Waals surface area contributed by atoms with Gasteiger partial charge in [-0.3, -0.25) is 4.79 Å². The van der Waals surface area contributed by atoms with Gasteiger partial charge < -0.3 is 15.3 Å². The summed E-state index contributed by atoms with van der Waals surface area (Å²) in [6, 6.07) is 7.50. The second-order valence-electron chi connectivity index (χ2n) is 5.49. The van der Waals surface area contributed by atoms with Crippen molar-refractivity contribution in [2.24, 2.45) is 0 Å². The van der Waals surface area contributed by atoms with Crippen LogP contribution in [0.4, 0.5) is 5.69 Å². The number of likely N-dealkylation sites (N-methyl/N-ethyl adjacent to an activating group) is 1. The molecule has 1 aromatic carbocycles. The summed E-state index contributed by atoms with van der Waals surface area (Å²) in [5.41, 5.74) is 0.0572. The number of amides is 1. The topological polar surface area (TPSA) is 52.6 Å². The predicted octanol–water partition coefficient (Wildman–Crippen LogP) is 2.87. The Morgan fingerprint density at radius 2 is 1.95 bits per heavy atom. The van der Waals surface area contributed by atoms with Crippen LogP contribution in [0.5, 0.6) is 0 Å². The van der Waals surface area contributed by atoms with Gasteiger partial charge >= 0.3 is 0 Å². The van der Waals surface area contributed by atoms with E-state index in [9.17, 15) is 9.90 Å². The fourth-order valence-electron chi connectivity index (χ4n) is 1.91. The third-order valence-electron chi connectivity index (χ3n) is 2.84. The smallest absolute Gasteiger partial charge is 0.225 e. The van der Waals surface area contributed by atoms with Crippen LogP contribution >= 0.6 is 15.9 Å². The van der Waals surface area contributed by atoms with E-state index in [1.165, 1.54) is 0 Å². The molecule has 0 atom stereocenters. The molecule has 0 spiro atoms. The summed E-state index contributed by atoms with van der Waals surface area (Å²) in [7, 11) is 0. The van der Waals surface area contributed by atoms with Gasteiger partial charge in [0.2, 0.25) is 5.91 Å². The van der Waals surface area contributed by atoms with Crippen molar-refractivity contribution >= 4 is 27.5 Å². The van der Waals surface area contributed by atoms with Gasteiger partial charge in [-0.05, 0) is 44.7 Å². The summed E-state index contributed by atoms with van der Waals surface area (Å²) in [5.74, 6) is -0.0125. The Hall–Kier alpha value is -0.910.